The van der Waals surface area contributed by atoms with E-state index < -0.39 is 0 Å². The molecule has 2 rings (SSSR count). The van der Waals surface area contributed by atoms with Crippen LogP contribution >= 0.6 is 0 Å². The average molecular weight is 218 g/mol. The van der Waals surface area contributed by atoms with Crippen LogP contribution in [0.5, 0.6) is 11.5 Å². The molecule has 0 saturated heterocycles. The van der Waals surface area contributed by atoms with Crippen LogP contribution in [0.2, 0.25) is 0 Å². The Kier molecular flexibility index (Phi) is 2.86. The Hall–Kier alpha value is -1.90. The van der Waals surface area contributed by atoms with E-state index in [4.69, 9.17) is 13.9 Å². The summed E-state index contributed by atoms with van der Waals surface area (Å²) in [6.45, 7) is 1.96. The normalized spacial score (nSPS) is 10.2. The number of methoxy groups -OCH3 is 2. The molecule has 1 heterocycles. The number of benzene rings is 1. The minimum Gasteiger partial charge on any atom is -0.496 e. The number of rotatable bonds is 3. The zero-order chi connectivity index (χ0) is 11.5. The lowest BCUT2D eigenvalue weighted by atomic mass is 10.1. The monoisotopic (exact) mass is 218 g/mol. The molecule has 3 nitrogen and oxygen atoms in total. The molecule has 84 valence electrons. The van der Waals surface area contributed by atoms with Gasteiger partial charge in [-0.15, -0.1) is 0 Å². The second kappa shape index (κ2) is 4.31. The van der Waals surface area contributed by atoms with Crippen LogP contribution in [0.1, 0.15) is 5.56 Å². The third-order valence-corrected chi connectivity index (χ3v) is 2.56. The Morgan fingerprint density at radius 1 is 1.06 bits per heavy atom. The fourth-order valence-corrected chi connectivity index (χ4v) is 1.67. The number of hydrogen-bond donors (Lipinski definition) is 0. The first kappa shape index (κ1) is 10.6. The highest BCUT2D eigenvalue weighted by Gasteiger charge is 2.10. The van der Waals surface area contributed by atoms with Crippen molar-refractivity contribution in [2.45, 2.75) is 6.92 Å². The highest BCUT2D eigenvalue weighted by molar-refractivity contribution is 5.65. The maximum atomic E-state index is 5.35. The van der Waals surface area contributed by atoms with Gasteiger partial charge in [-0.3, -0.25) is 0 Å². The predicted molar refractivity (Wildman–Crippen MR) is 62.0 cm³/mol. The maximum Gasteiger partial charge on any atom is 0.134 e. The van der Waals surface area contributed by atoms with Crippen molar-refractivity contribution in [2.75, 3.05) is 14.2 Å². The smallest absolute Gasteiger partial charge is 0.134 e. The Balaban J connectivity index is 2.56. The largest absolute Gasteiger partial charge is 0.496 e. The van der Waals surface area contributed by atoms with Crippen LogP contribution in [-0.4, -0.2) is 14.2 Å². The second-order valence-corrected chi connectivity index (χ2v) is 3.48. The van der Waals surface area contributed by atoms with Gasteiger partial charge in [0.15, 0.2) is 0 Å². The summed E-state index contributed by atoms with van der Waals surface area (Å²) in [5, 5.41) is 0. The Morgan fingerprint density at radius 2 is 1.69 bits per heavy atom. The van der Waals surface area contributed by atoms with E-state index in [0.717, 1.165) is 28.4 Å². The molecule has 2 aromatic rings. The molecule has 0 aliphatic carbocycles. The maximum absolute atomic E-state index is 5.35. The lowest BCUT2D eigenvalue weighted by molar-refractivity contribution is 0.389. The van der Waals surface area contributed by atoms with Crippen LogP contribution < -0.4 is 9.47 Å². The third kappa shape index (κ3) is 1.76. The van der Waals surface area contributed by atoms with Crippen molar-refractivity contribution in [2.24, 2.45) is 0 Å². The summed E-state index contributed by atoms with van der Waals surface area (Å²) in [5.74, 6) is 2.40. The molecule has 1 aromatic heterocycles. The van der Waals surface area contributed by atoms with Crippen molar-refractivity contribution in [3.63, 3.8) is 0 Å². The van der Waals surface area contributed by atoms with Crippen LogP contribution in [-0.2, 0) is 0 Å². The molecule has 0 fully saturated rings. The highest BCUT2D eigenvalue weighted by Crippen LogP contribution is 2.34. The topological polar surface area (TPSA) is 31.6 Å². The first-order valence-corrected chi connectivity index (χ1v) is 5.02. The number of hydrogen-bond acceptors (Lipinski definition) is 3. The Labute approximate surface area is 94.6 Å². The summed E-state index contributed by atoms with van der Waals surface area (Å²) in [5.41, 5.74) is 1.93. The number of ether oxygens (including phenoxy) is 2. The standard InChI is InChI=1S/C13H14O3/c1-9-12(14-2)7-10(8-13(9)15-3)11-5-4-6-16-11/h4-8H,1-3H3. The molecule has 0 aliphatic rings. The van der Waals surface area contributed by atoms with Crippen LogP contribution in [0, 0.1) is 6.92 Å². The lowest BCUT2D eigenvalue weighted by Gasteiger charge is -2.11. The molecular formula is C13H14O3. The van der Waals surface area contributed by atoms with E-state index in [2.05, 4.69) is 0 Å². The third-order valence-electron chi connectivity index (χ3n) is 2.56. The molecule has 0 aliphatic heterocycles. The van der Waals surface area contributed by atoms with Crippen molar-refractivity contribution in [1.82, 2.24) is 0 Å². The van der Waals surface area contributed by atoms with Gasteiger partial charge < -0.3 is 13.9 Å². The Morgan fingerprint density at radius 3 is 2.12 bits per heavy atom. The van der Waals surface area contributed by atoms with Crippen LogP contribution in [0.15, 0.2) is 34.9 Å². The van der Waals surface area contributed by atoms with Crippen molar-refractivity contribution < 1.29 is 13.9 Å². The van der Waals surface area contributed by atoms with Gasteiger partial charge in [0.2, 0.25) is 0 Å². The minimum absolute atomic E-state index is 0.797. The SMILES string of the molecule is COc1cc(-c2ccco2)cc(OC)c1C. The van der Waals surface area contributed by atoms with E-state index in [1.54, 1.807) is 20.5 Å². The molecule has 0 N–H and O–H groups in total. The molecule has 16 heavy (non-hydrogen) atoms. The van der Waals surface area contributed by atoms with Gasteiger partial charge in [-0.05, 0) is 31.2 Å². The molecule has 3 heteroatoms. The van der Waals surface area contributed by atoms with Gasteiger partial charge in [-0.1, -0.05) is 0 Å². The zero-order valence-corrected chi connectivity index (χ0v) is 9.61. The van der Waals surface area contributed by atoms with E-state index in [1.807, 2.05) is 31.2 Å². The lowest BCUT2D eigenvalue weighted by Crippen LogP contribution is -1.93. The van der Waals surface area contributed by atoms with E-state index in [-0.39, 0.29) is 0 Å². The molecule has 0 spiro atoms. The van der Waals surface area contributed by atoms with Crippen molar-refractivity contribution in [3.05, 3.63) is 36.1 Å². The van der Waals surface area contributed by atoms with Gasteiger partial charge >= 0.3 is 0 Å². The van der Waals surface area contributed by atoms with Crippen LogP contribution in [0.3, 0.4) is 0 Å². The highest BCUT2D eigenvalue weighted by atomic mass is 16.5. The molecule has 0 bridgehead atoms. The van der Waals surface area contributed by atoms with Gasteiger partial charge in [-0.25, -0.2) is 0 Å². The molecule has 1 aromatic carbocycles. The summed E-state index contributed by atoms with van der Waals surface area (Å²) in [4.78, 5) is 0. The summed E-state index contributed by atoms with van der Waals surface area (Å²) in [6.07, 6.45) is 1.65. The molecule has 0 atom stereocenters. The summed E-state index contributed by atoms with van der Waals surface area (Å²) in [7, 11) is 3.29. The molecule has 0 radical (unpaired) electrons. The fraction of sp³-hybridized carbons (Fsp3) is 0.231. The van der Waals surface area contributed by atoms with Gasteiger partial charge in [0, 0.05) is 11.1 Å². The fourth-order valence-electron chi connectivity index (χ4n) is 1.67. The van der Waals surface area contributed by atoms with Gasteiger partial charge in [-0.2, -0.15) is 0 Å². The molecule has 0 amide bonds. The number of furan rings is 1. The first-order chi connectivity index (χ1) is 7.76. The van der Waals surface area contributed by atoms with Crippen LogP contribution in [0.4, 0.5) is 0 Å². The quantitative estimate of drug-likeness (QED) is 0.792. The van der Waals surface area contributed by atoms with Gasteiger partial charge in [0.1, 0.15) is 17.3 Å². The minimum atomic E-state index is 0.797. The molecule has 0 unspecified atom stereocenters. The molecule has 0 saturated carbocycles. The van der Waals surface area contributed by atoms with Gasteiger partial charge in [0.25, 0.3) is 0 Å². The van der Waals surface area contributed by atoms with Crippen molar-refractivity contribution in [1.29, 1.82) is 0 Å². The average Bonchev–Trinajstić information content (AvgIpc) is 2.83. The van der Waals surface area contributed by atoms with Crippen molar-refractivity contribution >= 4 is 0 Å². The van der Waals surface area contributed by atoms with E-state index >= 15 is 0 Å². The summed E-state index contributed by atoms with van der Waals surface area (Å²) in [6, 6.07) is 7.64. The summed E-state index contributed by atoms with van der Waals surface area (Å²) < 4.78 is 16.0. The second-order valence-electron chi connectivity index (χ2n) is 3.48. The summed E-state index contributed by atoms with van der Waals surface area (Å²) >= 11 is 0. The Bertz CT molecular complexity index is 447. The van der Waals surface area contributed by atoms with Crippen LogP contribution in [0.25, 0.3) is 11.3 Å². The zero-order valence-electron chi connectivity index (χ0n) is 9.61. The van der Waals surface area contributed by atoms with E-state index in [0.29, 0.717) is 0 Å². The van der Waals surface area contributed by atoms with Gasteiger partial charge in [0.05, 0.1) is 20.5 Å². The van der Waals surface area contributed by atoms with E-state index in [1.165, 1.54) is 0 Å². The molecular weight excluding hydrogens is 204 g/mol. The van der Waals surface area contributed by atoms with Crippen molar-refractivity contribution in [3.8, 4) is 22.8 Å². The first-order valence-electron chi connectivity index (χ1n) is 5.02. The predicted octanol–water partition coefficient (Wildman–Crippen LogP) is 3.27. The van der Waals surface area contributed by atoms with E-state index in [9.17, 15) is 0 Å².